The molecule has 10 nitrogen and oxygen atoms in total. The monoisotopic (exact) mass is 593 g/mol. The topological polar surface area (TPSA) is 116 Å². The summed E-state index contributed by atoms with van der Waals surface area (Å²) in [6.45, 7) is 3.94. The highest BCUT2D eigenvalue weighted by molar-refractivity contribution is 6.00. The lowest BCUT2D eigenvalue weighted by atomic mass is 10.1. The first kappa shape index (κ1) is 27.4. The number of nitrogens with two attached hydrogens (primary N) is 1. The fraction of sp³-hybridized carbons (Fsp3) is 0.441. The van der Waals surface area contributed by atoms with E-state index in [2.05, 4.69) is 32.4 Å². The lowest BCUT2D eigenvalue weighted by Crippen LogP contribution is -2.41. The van der Waals surface area contributed by atoms with E-state index in [4.69, 9.17) is 15.5 Å². The molecule has 1 amide bonds. The van der Waals surface area contributed by atoms with Gasteiger partial charge in [-0.1, -0.05) is 12.1 Å². The van der Waals surface area contributed by atoms with Crippen LogP contribution >= 0.6 is 0 Å². The Hall–Kier alpha value is -4.15. The molecule has 10 heteroatoms. The molecule has 1 aliphatic heterocycles. The Morgan fingerprint density at radius 3 is 2.64 bits per heavy atom. The lowest BCUT2D eigenvalue weighted by Gasteiger charge is -2.27. The summed E-state index contributed by atoms with van der Waals surface area (Å²) < 4.78 is 12.4. The molecule has 3 N–H and O–H groups in total. The number of likely N-dealkylation sites (tertiary alicyclic amines) is 1. The Bertz CT molecular complexity index is 1910. The van der Waals surface area contributed by atoms with E-state index in [0.29, 0.717) is 41.8 Å². The molecule has 3 aromatic heterocycles. The van der Waals surface area contributed by atoms with Gasteiger partial charge in [0, 0.05) is 60.4 Å². The van der Waals surface area contributed by atoms with Crippen molar-refractivity contribution in [3.05, 3.63) is 65.5 Å². The highest BCUT2D eigenvalue weighted by atomic mass is 16.5. The van der Waals surface area contributed by atoms with Crippen molar-refractivity contribution in [3.8, 4) is 17.3 Å². The molecule has 3 aliphatic rings. The van der Waals surface area contributed by atoms with E-state index in [0.717, 1.165) is 58.5 Å². The number of piperidine rings is 1. The summed E-state index contributed by atoms with van der Waals surface area (Å²) in [6.07, 6.45) is 7.81. The van der Waals surface area contributed by atoms with Crippen molar-refractivity contribution in [1.82, 2.24) is 28.8 Å². The van der Waals surface area contributed by atoms with Gasteiger partial charge in [0.05, 0.1) is 37.2 Å². The van der Waals surface area contributed by atoms with Gasteiger partial charge in [0.25, 0.3) is 5.91 Å². The third kappa shape index (κ3) is 4.42. The van der Waals surface area contributed by atoms with Gasteiger partial charge in [-0.3, -0.25) is 9.48 Å². The first-order valence-electron chi connectivity index (χ1n) is 15.7. The fourth-order valence-electron chi connectivity index (χ4n) is 7.51. The molecule has 0 spiro atoms. The summed E-state index contributed by atoms with van der Waals surface area (Å²) >= 11 is 0. The minimum atomic E-state index is -0.553. The Labute approximate surface area is 256 Å². The third-order valence-electron chi connectivity index (χ3n) is 10.1. The maximum Gasteiger partial charge on any atom is 0.254 e. The molecule has 0 radical (unpaired) electrons. The number of imidazole rings is 1. The predicted molar refractivity (Wildman–Crippen MR) is 168 cm³/mol. The molecule has 2 aliphatic carbocycles. The third-order valence-corrected chi connectivity index (χ3v) is 10.1. The number of carbonyl (C=O) groups excluding carboxylic acids is 1. The number of ether oxygens (including phenoxy) is 1. The van der Waals surface area contributed by atoms with Gasteiger partial charge in [0.1, 0.15) is 11.3 Å². The van der Waals surface area contributed by atoms with Crippen LogP contribution in [0.4, 0.5) is 0 Å². The summed E-state index contributed by atoms with van der Waals surface area (Å²) in [5.74, 6) is 2.41. The Morgan fingerprint density at radius 2 is 1.98 bits per heavy atom. The molecule has 2 aromatic carbocycles. The summed E-state index contributed by atoms with van der Waals surface area (Å²) in [7, 11) is 3.57. The van der Waals surface area contributed by atoms with Crippen LogP contribution in [0.3, 0.4) is 0 Å². The number of aryl methyl sites for hydroxylation is 1. The van der Waals surface area contributed by atoms with Crippen LogP contribution in [0.25, 0.3) is 33.5 Å². The minimum absolute atomic E-state index is 0.00953. The van der Waals surface area contributed by atoms with Crippen molar-refractivity contribution in [2.75, 3.05) is 13.7 Å². The van der Waals surface area contributed by atoms with Gasteiger partial charge in [-0.25, -0.2) is 4.98 Å². The van der Waals surface area contributed by atoms with Crippen LogP contribution in [0.5, 0.6) is 5.75 Å². The molecule has 8 rings (SSSR count). The number of nitrogens with zero attached hydrogens (tertiary/aromatic N) is 6. The van der Waals surface area contributed by atoms with Crippen molar-refractivity contribution in [1.29, 1.82) is 0 Å². The largest absolute Gasteiger partial charge is 0.494 e. The number of fused-ring (bicyclic) bond motifs is 4. The van der Waals surface area contributed by atoms with Crippen LogP contribution in [-0.2, 0) is 20.1 Å². The van der Waals surface area contributed by atoms with Crippen LogP contribution in [0.2, 0.25) is 0 Å². The SMILES string of the molecule is COc1cc(C(=O)N2CC3CCC2[C@@H]3N)cc2nc(-c3cc4ccc(C(C)O)cc4n3CC3CC3)n(Cc3cnn(C)c3)c12. The molecule has 4 heterocycles. The number of benzene rings is 2. The van der Waals surface area contributed by atoms with Crippen molar-refractivity contribution in [2.45, 2.75) is 63.9 Å². The van der Waals surface area contributed by atoms with Crippen molar-refractivity contribution in [3.63, 3.8) is 0 Å². The highest BCUT2D eigenvalue weighted by Crippen LogP contribution is 2.41. The molecule has 228 valence electrons. The maximum atomic E-state index is 13.9. The highest BCUT2D eigenvalue weighted by Gasteiger charge is 2.47. The van der Waals surface area contributed by atoms with Crippen LogP contribution < -0.4 is 10.5 Å². The first-order chi connectivity index (χ1) is 21.3. The van der Waals surface area contributed by atoms with Crippen molar-refractivity contribution < 1.29 is 14.6 Å². The second-order valence-electron chi connectivity index (χ2n) is 13.1. The lowest BCUT2D eigenvalue weighted by molar-refractivity contribution is 0.0700. The number of amides is 1. The zero-order chi connectivity index (χ0) is 30.3. The van der Waals surface area contributed by atoms with Gasteiger partial charge in [-0.2, -0.15) is 5.10 Å². The second kappa shape index (κ2) is 10.2. The smallest absolute Gasteiger partial charge is 0.254 e. The summed E-state index contributed by atoms with van der Waals surface area (Å²) in [6, 6.07) is 12.3. The van der Waals surface area contributed by atoms with E-state index in [-0.39, 0.29) is 18.0 Å². The normalized spacial score (nSPS) is 22.0. The van der Waals surface area contributed by atoms with E-state index >= 15 is 0 Å². The van der Waals surface area contributed by atoms with Gasteiger partial charge < -0.3 is 29.6 Å². The van der Waals surface area contributed by atoms with Crippen molar-refractivity contribution >= 4 is 27.8 Å². The predicted octanol–water partition coefficient (Wildman–Crippen LogP) is 4.47. The maximum absolute atomic E-state index is 13.9. The Morgan fingerprint density at radius 1 is 1.14 bits per heavy atom. The molecular formula is C34H39N7O3. The van der Waals surface area contributed by atoms with Gasteiger partial charge in [0.15, 0.2) is 5.82 Å². The van der Waals surface area contributed by atoms with E-state index in [1.165, 1.54) is 12.8 Å². The second-order valence-corrected chi connectivity index (χ2v) is 13.1. The number of methoxy groups -OCH3 is 1. The van der Waals surface area contributed by atoms with Crippen molar-refractivity contribution in [2.24, 2.45) is 24.6 Å². The number of hydrogen-bond acceptors (Lipinski definition) is 6. The number of aliphatic hydroxyl groups is 1. The van der Waals surface area contributed by atoms with E-state index in [9.17, 15) is 9.90 Å². The summed E-state index contributed by atoms with van der Waals surface area (Å²) in [5.41, 5.74) is 12.6. The quantitative estimate of drug-likeness (QED) is 0.274. The minimum Gasteiger partial charge on any atom is -0.494 e. The number of aliphatic hydroxyl groups excluding tert-OH is 1. The van der Waals surface area contributed by atoms with E-state index < -0.39 is 6.10 Å². The average Bonchev–Trinajstić information content (AvgIpc) is 3.27. The zero-order valence-electron chi connectivity index (χ0n) is 25.5. The molecule has 44 heavy (non-hydrogen) atoms. The molecule has 1 saturated heterocycles. The van der Waals surface area contributed by atoms with Gasteiger partial charge in [-0.05, 0) is 74.3 Å². The molecule has 2 bridgehead atoms. The first-order valence-corrected chi connectivity index (χ1v) is 15.7. The zero-order valence-corrected chi connectivity index (χ0v) is 25.5. The molecular weight excluding hydrogens is 554 g/mol. The van der Waals surface area contributed by atoms with E-state index in [1.807, 2.05) is 42.5 Å². The van der Waals surface area contributed by atoms with E-state index in [1.54, 1.807) is 18.7 Å². The molecule has 5 aromatic rings. The number of rotatable bonds is 8. The average molecular weight is 594 g/mol. The van der Waals surface area contributed by atoms with Crippen LogP contribution in [0.15, 0.2) is 48.8 Å². The van der Waals surface area contributed by atoms with Crippen LogP contribution in [0.1, 0.15) is 60.2 Å². The van der Waals surface area contributed by atoms with Gasteiger partial charge in [-0.15, -0.1) is 0 Å². The molecule has 2 saturated carbocycles. The van der Waals surface area contributed by atoms with Crippen LogP contribution in [0, 0.1) is 11.8 Å². The van der Waals surface area contributed by atoms with Gasteiger partial charge in [0.2, 0.25) is 0 Å². The van der Waals surface area contributed by atoms with Crippen LogP contribution in [-0.4, -0.2) is 65.6 Å². The Kier molecular flexibility index (Phi) is 6.36. The number of aromatic nitrogens is 5. The Balaban J connectivity index is 1.32. The van der Waals surface area contributed by atoms with Gasteiger partial charge >= 0.3 is 0 Å². The number of hydrogen-bond donors (Lipinski definition) is 2. The standard InChI is InChI=1S/C34H39N7O3/c1-19(42)22-6-7-23-12-29(39(28(23)11-22)16-20-4-5-20)33-37-26-10-25(34(43)40-18-24-8-9-27(40)31(24)35)13-30(44-3)32(26)41(33)17-21-14-36-38(2)15-21/h6-7,10-15,19-20,24,27,31,42H,4-5,8-9,16-18,35H2,1-3H3/t19?,24?,27?,31-/m1/s1. The fourth-order valence-corrected chi connectivity index (χ4v) is 7.51. The molecule has 3 fully saturated rings. The number of carbonyl (C=O) groups is 1. The summed E-state index contributed by atoms with van der Waals surface area (Å²) in [5, 5.41) is 15.9. The molecule has 4 atom stereocenters. The molecule has 3 unspecified atom stereocenters. The summed E-state index contributed by atoms with van der Waals surface area (Å²) in [4.78, 5) is 21.1.